The van der Waals surface area contributed by atoms with Crippen molar-refractivity contribution < 1.29 is 19.4 Å². The van der Waals surface area contributed by atoms with Crippen LogP contribution in [0, 0.1) is 0 Å². The lowest BCUT2D eigenvalue weighted by molar-refractivity contribution is -0.138. The van der Waals surface area contributed by atoms with Gasteiger partial charge in [0, 0.05) is 5.69 Å². The van der Waals surface area contributed by atoms with Gasteiger partial charge in [0.1, 0.15) is 0 Å². The van der Waals surface area contributed by atoms with Crippen molar-refractivity contribution >= 4 is 23.3 Å². The van der Waals surface area contributed by atoms with Crippen LogP contribution >= 0.6 is 11.6 Å². The predicted molar refractivity (Wildman–Crippen MR) is 89.5 cm³/mol. The second kappa shape index (κ2) is 7.24. The lowest BCUT2D eigenvalue weighted by Gasteiger charge is -2.17. The lowest BCUT2D eigenvalue weighted by atomic mass is 9.91. The van der Waals surface area contributed by atoms with Crippen LogP contribution in [0.5, 0.6) is 11.5 Å². The molecule has 1 atom stereocenters. The minimum Gasteiger partial charge on any atom is -0.493 e. The van der Waals surface area contributed by atoms with E-state index in [0.717, 1.165) is 0 Å². The zero-order valence-corrected chi connectivity index (χ0v) is 13.6. The van der Waals surface area contributed by atoms with Crippen LogP contribution in [0.4, 0.5) is 5.69 Å². The molecule has 3 N–H and O–H groups in total. The Morgan fingerprint density at radius 2 is 1.83 bits per heavy atom. The number of halogens is 1. The third-order valence-corrected chi connectivity index (χ3v) is 4.04. The number of carboxylic acids is 1. The summed E-state index contributed by atoms with van der Waals surface area (Å²) < 4.78 is 10.4. The minimum absolute atomic E-state index is 0.235. The van der Waals surface area contributed by atoms with Gasteiger partial charge in [0.25, 0.3) is 0 Å². The summed E-state index contributed by atoms with van der Waals surface area (Å²) in [7, 11) is 3.00. The van der Waals surface area contributed by atoms with E-state index in [2.05, 4.69) is 0 Å². The number of hydrogen-bond acceptors (Lipinski definition) is 4. The first-order chi connectivity index (χ1) is 11.0. The summed E-state index contributed by atoms with van der Waals surface area (Å²) in [4.78, 5) is 11.6. The molecule has 0 aliphatic carbocycles. The Hall–Kier alpha value is -2.40. The summed E-state index contributed by atoms with van der Waals surface area (Å²) >= 11 is 6.34. The number of rotatable bonds is 6. The van der Waals surface area contributed by atoms with Gasteiger partial charge >= 0.3 is 5.97 Å². The Morgan fingerprint density at radius 3 is 2.35 bits per heavy atom. The maximum atomic E-state index is 11.6. The Kier molecular flexibility index (Phi) is 5.34. The zero-order valence-electron chi connectivity index (χ0n) is 12.9. The van der Waals surface area contributed by atoms with Crippen molar-refractivity contribution in [2.75, 3.05) is 20.0 Å². The average Bonchev–Trinajstić information content (AvgIpc) is 2.54. The SMILES string of the molecule is COc1ccc(CC(C(=O)O)c2ccc(N)cc2)c(Cl)c1OC. The van der Waals surface area contributed by atoms with Gasteiger partial charge in [-0.1, -0.05) is 29.8 Å². The van der Waals surface area contributed by atoms with E-state index >= 15 is 0 Å². The highest BCUT2D eigenvalue weighted by molar-refractivity contribution is 6.33. The smallest absolute Gasteiger partial charge is 0.311 e. The molecule has 0 aromatic heterocycles. The van der Waals surface area contributed by atoms with Gasteiger partial charge in [-0.2, -0.15) is 0 Å². The molecule has 0 aliphatic rings. The molecule has 23 heavy (non-hydrogen) atoms. The van der Waals surface area contributed by atoms with E-state index < -0.39 is 11.9 Å². The number of nitrogens with two attached hydrogens (primary N) is 1. The number of carboxylic acid groups (broad SMARTS) is 1. The van der Waals surface area contributed by atoms with Gasteiger partial charge in [0.2, 0.25) is 0 Å². The first-order valence-electron chi connectivity index (χ1n) is 6.95. The molecule has 0 spiro atoms. The molecular formula is C17H18ClNO4. The lowest BCUT2D eigenvalue weighted by Crippen LogP contribution is -2.15. The van der Waals surface area contributed by atoms with E-state index in [-0.39, 0.29) is 6.42 Å². The number of nitrogen functional groups attached to an aromatic ring is 1. The third-order valence-electron chi connectivity index (χ3n) is 3.63. The Labute approximate surface area is 139 Å². The molecule has 0 fully saturated rings. The molecule has 0 aliphatic heterocycles. The second-order valence-electron chi connectivity index (χ2n) is 5.04. The minimum atomic E-state index is -0.930. The maximum absolute atomic E-state index is 11.6. The topological polar surface area (TPSA) is 81.8 Å². The molecule has 2 rings (SSSR count). The van der Waals surface area contributed by atoms with Crippen LogP contribution in [0.25, 0.3) is 0 Å². The van der Waals surface area contributed by atoms with E-state index in [1.165, 1.54) is 14.2 Å². The molecule has 1 unspecified atom stereocenters. The van der Waals surface area contributed by atoms with E-state index in [0.29, 0.717) is 33.3 Å². The molecule has 0 saturated heterocycles. The fourth-order valence-electron chi connectivity index (χ4n) is 2.38. The van der Waals surface area contributed by atoms with Gasteiger partial charge in [-0.15, -0.1) is 0 Å². The Bertz CT molecular complexity index is 700. The Balaban J connectivity index is 2.38. The van der Waals surface area contributed by atoms with Crippen molar-refractivity contribution in [2.45, 2.75) is 12.3 Å². The summed E-state index contributed by atoms with van der Waals surface area (Å²) in [5, 5.41) is 9.90. The highest BCUT2D eigenvalue weighted by Crippen LogP contribution is 2.39. The Morgan fingerprint density at radius 1 is 1.17 bits per heavy atom. The fraction of sp³-hybridized carbons (Fsp3) is 0.235. The summed E-state index contributed by atoms with van der Waals surface area (Å²) in [5.41, 5.74) is 7.57. The number of anilines is 1. The molecule has 0 heterocycles. The molecule has 5 nitrogen and oxygen atoms in total. The van der Waals surface area contributed by atoms with Crippen LogP contribution < -0.4 is 15.2 Å². The molecule has 0 saturated carbocycles. The van der Waals surface area contributed by atoms with Crippen molar-refractivity contribution in [3.8, 4) is 11.5 Å². The zero-order chi connectivity index (χ0) is 17.0. The van der Waals surface area contributed by atoms with Crippen molar-refractivity contribution in [3.05, 3.63) is 52.5 Å². The molecule has 2 aromatic carbocycles. The molecule has 6 heteroatoms. The van der Waals surface area contributed by atoms with Crippen LogP contribution in [0.3, 0.4) is 0 Å². The van der Waals surface area contributed by atoms with E-state index in [1.54, 1.807) is 36.4 Å². The summed E-state index contributed by atoms with van der Waals surface area (Å²) in [5.74, 6) is -0.763. The van der Waals surface area contributed by atoms with Gasteiger partial charge < -0.3 is 20.3 Å². The predicted octanol–water partition coefficient (Wildman–Crippen LogP) is 3.35. The van der Waals surface area contributed by atoms with E-state index in [1.807, 2.05) is 0 Å². The number of methoxy groups -OCH3 is 2. The first kappa shape index (κ1) is 17.0. The number of benzene rings is 2. The molecule has 122 valence electrons. The molecule has 0 bridgehead atoms. The normalized spacial score (nSPS) is 11.8. The molecular weight excluding hydrogens is 318 g/mol. The number of hydrogen-bond donors (Lipinski definition) is 2. The van der Waals surface area contributed by atoms with Crippen molar-refractivity contribution in [3.63, 3.8) is 0 Å². The van der Waals surface area contributed by atoms with Gasteiger partial charge in [0.05, 0.1) is 25.2 Å². The highest BCUT2D eigenvalue weighted by Gasteiger charge is 2.23. The van der Waals surface area contributed by atoms with Crippen LogP contribution in [-0.2, 0) is 11.2 Å². The molecule has 2 aromatic rings. The number of ether oxygens (including phenoxy) is 2. The quantitative estimate of drug-likeness (QED) is 0.791. The fourth-order valence-corrected chi connectivity index (χ4v) is 2.69. The molecule has 0 radical (unpaired) electrons. The van der Waals surface area contributed by atoms with Crippen molar-refractivity contribution in [1.29, 1.82) is 0 Å². The van der Waals surface area contributed by atoms with Crippen molar-refractivity contribution in [1.82, 2.24) is 0 Å². The van der Waals surface area contributed by atoms with E-state index in [4.69, 9.17) is 26.8 Å². The highest BCUT2D eigenvalue weighted by atomic mass is 35.5. The monoisotopic (exact) mass is 335 g/mol. The van der Waals surface area contributed by atoms with Gasteiger partial charge in [-0.05, 0) is 35.7 Å². The largest absolute Gasteiger partial charge is 0.493 e. The third kappa shape index (κ3) is 3.68. The summed E-state index contributed by atoms with van der Waals surface area (Å²) in [6.07, 6.45) is 0.235. The van der Waals surface area contributed by atoms with Crippen molar-refractivity contribution in [2.24, 2.45) is 0 Å². The first-order valence-corrected chi connectivity index (χ1v) is 7.33. The van der Waals surface area contributed by atoms with E-state index in [9.17, 15) is 9.90 Å². The number of carbonyl (C=O) groups is 1. The van der Waals surface area contributed by atoms with Crippen LogP contribution in [0.1, 0.15) is 17.0 Å². The van der Waals surface area contributed by atoms with Gasteiger partial charge in [-0.3, -0.25) is 4.79 Å². The van der Waals surface area contributed by atoms with Crippen LogP contribution in [0.2, 0.25) is 5.02 Å². The number of aliphatic carboxylic acids is 1. The average molecular weight is 336 g/mol. The maximum Gasteiger partial charge on any atom is 0.311 e. The van der Waals surface area contributed by atoms with Crippen LogP contribution in [0.15, 0.2) is 36.4 Å². The second-order valence-corrected chi connectivity index (χ2v) is 5.41. The molecule has 0 amide bonds. The van der Waals surface area contributed by atoms with Gasteiger partial charge in [-0.25, -0.2) is 0 Å². The van der Waals surface area contributed by atoms with Gasteiger partial charge in [0.15, 0.2) is 11.5 Å². The van der Waals surface area contributed by atoms with Crippen LogP contribution in [-0.4, -0.2) is 25.3 Å². The standard InChI is InChI=1S/C17H18ClNO4/c1-22-14-8-5-11(15(18)16(14)23-2)9-13(17(20)21)10-3-6-12(19)7-4-10/h3-8,13H,9,19H2,1-2H3,(H,20,21). The summed E-state index contributed by atoms with van der Waals surface area (Å²) in [6, 6.07) is 10.2. The summed E-state index contributed by atoms with van der Waals surface area (Å²) in [6.45, 7) is 0.